The normalized spacial score (nSPS) is 15.2. The smallest absolute Gasteiger partial charge is 0.251 e. The SMILES string of the molecule is CNC(=O)c1ccc(CCNc2cc(-c3ccc(N[C@H]4CCOC4)nc3)ncn2)c(OC)c1. The van der Waals surface area contributed by atoms with E-state index in [0.29, 0.717) is 36.9 Å². The van der Waals surface area contributed by atoms with E-state index in [0.717, 1.165) is 41.5 Å². The topological polar surface area (TPSA) is 110 Å². The molecule has 0 radical (unpaired) electrons. The number of amides is 1. The van der Waals surface area contributed by atoms with E-state index in [1.807, 2.05) is 30.5 Å². The Kier molecular flexibility index (Phi) is 7.31. The number of benzene rings is 1. The number of methoxy groups -OCH3 is 1. The van der Waals surface area contributed by atoms with Crippen LogP contribution in [0.1, 0.15) is 22.3 Å². The Morgan fingerprint density at radius 2 is 2.06 bits per heavy atom. The lowest BCUT2D eigenvalue weighted by Crippen LogP contribution is -2.19. The van der Waals surface area contributed by atoms with Gasteiger partial charge in [-0.3, -0.25) is 4.79 Å². The van der Waals surface area contributed by atoms with Crippen LogP contribution in [0, 0.1) is 0 Å². The Morgan fingerprint density at radius 3 is 2.79 bits per heavy atom. The molecule has 1 amide bonds. The maximum absolute atomic E-state index is 11.8. The van der Waals surface area contributed by atoms with Crippen LogP contribution in [-0.2, 0) is 11.2 Å². The molecule has 1 aromatic carbocycles. The van der Waals surface area contributed by atoms with Crippen molar-refractivity contribution in [2.45, 2.75) is 18.9 Å². The number of hydrogen-bond donors (Lipinski definition) is 3. The second-order valence-corrected chi connectivity index (χ2v) is 7.71. The summed E-state index contributed by atoms with van der Waals surface area (Å²) in [5, 5.41) is 9.33. The number of pyridine rings is 1. The minimum atomic E-state index is -0.141. The molecule has 0 unspecified atom stereocenters. The van der Waals surface area contributed by atoms with E-state index < -0.39 is 0 Å². The Hall–Kier alpha value is -3.72. The fourth-order valence-electron chi connectivity index (χ4n) is 3.66. The predicted octanol–water partition coefficient (Wildman–Crippen LogP) is 2.76. The molecule has 0 aliphatic carbocycles. The van der Waals surface area contributed by atoms with Gasteiger partial charge in [-0.25, -0.2) is 15.0 Å². The summed E-state index contributed by atoms with van der Waals surface area (Å²) in [6, 6.07) is 11.6. The number of hydrogen-bond acceptors (Lipinski definition) is 8. The van der Waals surface area contributed by atoms with Crippen molar-refractivity contribution in [2.75, 3.05) is 44.5 Å². The molecule has 1 aliphatic rings. The summed E-state index contributed by atoms with van der Waals surface area (Å²) in [6.45, 7) is 2.16. The third-order valence-electron chi connectivity index (χ3n) is 5.48. The van der Waals surface area contributed by atoms with Crippen molar-refractivity contribution in [3.8, 4) is 17.0 Å². The second-order valence-electron chi connectivity index (χ2n) is 7.71. The maximum atomic E-state index is 11.8. The van der Waals surface area contributed by atoms with E-state index in [1.165, 1.54) is 0 Å². The number of rotatable bonds is 9. The van der Waals surface area contributed by atoms with Gasteiger partial charge in [0.2, 0.25) is 0 Å². The average molecular weight is 449 g/mol. The van der Waals surface area contributed by atoms with Crippen LogP contribution in [0.4, 0.5) is 11.6 Å². The minimum Gasteiger partial charge on any atom is -0.496 e. The molecule has 0 saturated carbocycles. The first kappa shape index (κ1) is 22.5. The standard InChI is InChI=1S/C24H28N6O3/c1-25-24(31)17-4-3-16(21(11-17)32-2)7-9-26-23-12-20(28-15-29-23)18-5-6-22(27-13-18)30-19-8-10-33-14-19/h3-6,11-13,15,19H,7-10,14H2,1-2H3,(H,25,31)(H,27,30)(H,26,28,29)/t19-/m0/s1. The molecule has 1 atom stereocenters. The van der Waals surface area contributed by atoms with Gasteiger partial charge in [0.25, 0.3) is 5.91 Å². The molecule has 9 heteroatoms. The first-order valence-electron chi connectivity index (χ1n) is 10.9. The molecular formula is C24H28N6O3. The summed E-state index contributed by atoms with van der Waals surface area (Å²) in [7, 11) is 3.21. The molecule has 0 bridgehead atoms. The van der Waals surface area contributed by atoms with Crippen LogP contribution in [0.25, 0.3) is 11.3 Å². The highest BCUT2D eigenvalue weighted by atomic mass is 16.5. The Bertz CT molecular complexity index is 1080. The number of nitrogens with one attached hydrogen (secondary N) is 3. The number of aromatic nitrogens is 3. The highest BCUT2D eigenvalue weighted by Gasteiger charge is 2.15. The first-order valence-corrected chi connectivity index (χ1v) is 10.9. The summed E-state index contributed by atoms with van der Waals surface area (Å²) in [4.78, 5) is 25.0. The summed E-state index contributed by atoms with van der Waals surface area (Å²) < 4.78 is 10.9. The zero-order valence-electron chi connectivity index (χ0n) is 18.8. The van der Waals surface area contributed by atoms with Crippen molar-refractivity contribution in [3.63, 3.8) is 0 Å². The molecule has 33 heavy (non-hydrogen) atoms. The van der Waals surface area contributed by atoms with Crippen LogP contribution in [0.3, 0.4) is 0 Å². The second kappa shape index (κ2) is 10.7. The van der Waals surface area contributed by atoms with Gasteiger partial charge in [-0.1, -0.05) is 6.07 Å². The van der Waals surface area contributed by atoms with E-state index >= 15 is 0 Å². The van der Waals surface area contributed by atoms with Gasteiger partial charge in [0, 0.05) is 43.6 Å². The third kappa shape index (κ3) is 5.75. The zero-order valence-corrected chi connectivity index (χ0v) is 18.8. The highest BCUT2D eigenvalue weighted by Crippen LogP contribution is 2.22. The maximum Gasteiger partial charge on any atom is 0.251 e. The molecule has 9 nitrogen and oxygen atoms in total. The van der Waals surface area contributed by atoms with Gasteiger partial charge in [-0.2, -0.15) is 0 Å². The van der Waals surface area contributed by atoms with E-state index in [-0.39, 0.29) is 5.91 Å². The van der Waals surface area contributed by atoms with Gasteiger partial charge in [-0.05, 0) is 42.7 Å². The van der Waals surface area contributed by atoms with Crippen LogP contribution in [0.15, 0.2) is 48.9 Å². The van der Waals surface area contributed by atoms with Crippen LogP contribution in [0.2, 0.25) is 0 Å². The average Bonchev–Trinajstić information content (AvgIpc) is 3.37. The summed E-state index contributed by atoms with van der Waals surface area (Å²) in [5.41, 5.74) is 3.29. The van der Waals surface area contributed by atoms with Crippen molar-refractivity contribution < 1.29 is 14.3 Å². The number of nitrogens with zero attached hydrogens (tertiary/aromatic N) is 3. The molecule has 1 aliphatic heterocycles. The van der Waals surface area contributed by atoms with E-state index in [1.54, 1.807) is 32.6 Å². The van der Waals surface area contributed by atoms with E-state index in [2.05, 4.69) is 30.9 Å². The van der Waals surface area contributed by atoms with Crippen LogP contribution in [-0.4, -0.2) is 60.8 Å². The van der Waals surface area contributed by atoms with Gasteiger partial charge in [0.15, 0.2) is 0 Å². The Labute approximate surface area is 193 Å². The molecule has 1 saturated heterocycles. The van der Waals surface area contributed by atoms with Crippen molar-refractivity contribution >= 4 is 17.5 Å². The summed E-state index contributed by atoms with van der Waals surface area (Å²) in [5.74, 6) is 2.10. The van der Waals surface area contributed by atoms with Gasteiger partial charge < -0.3 is 25.4 Å². The van der Waals surface area contributed by atoms with Crippen LogP contribution >= 0.6 is 0 Å². The van der Waals surface area contributed by atoms with Crippen molar-refractivity contribution in [3.05, 3.63) is 60.0 Å². The summed E-state index contributed by atoms with van der Waals surface area (Å²) in [6.07, 6.45) is 5.05. The first-order chi connectivity index (χ1) is 16.2. The lowest BCUT2D eigenvalue weighted by Gasteiger charge is -2.12. The van der Waals surface area contributed by atoms with Crippen molar-refractivity contribution in [1.82, 2.24) is 20.3 Å². The van der Waals surface area contributed by atoms with Gasteiger partial charge in [0.1, 0.15) is 23.7 Å². The fourth-order valence-corrected chi connectivity index (χ4v) is 3.66. The fraction of sp³-hybridized carbons (Fsp3) is 0.333. The Balaban J connectivity index is 1.36. The highest BCUT2D eigenvalue weighted by molar-refractivity contribution is 5.94. The monoisotopic (exact) mass is 448 g/mol. The molecule has 2 aromatic heterocycles. The zero-order chi connectivity index (χ0) is 23.0. The number of carbonyl (C=O) groups is 1. The molecule has 3 aromatic rings. The molecule has 3 N–H and O–H groups in total. The number of anilines is 2. The molecule has 3 heterocycles. The lowest BCUT2D eigenvalue weighted by atomic mass is 10.1. The minimum absolute atomic E-state index is 0.141. The molecule has 4 rings (SSSR count). The van der Waals surface area contributed by atoms with E-state index in [9.17, 15) is 4.79 Å². The lowest BCUT2D eigenvalue weighted by molar-refractivity contribution is 0.0962. The molecule has 172 valence electrons. The molecule has 0 spiro atoms. The van der Waals surface area contributed by atoms with Gasteiger partial charge in [0.05, 0.1) is 25.5 Å². The van der Waals surface area contributed by atoms with Crippen molar-refractivity contribution in [1.29, 1.82) is 0 Å². The Morgan fingerprint density at radius 1 is 1.15 bits per heavy atom. The third-order valence-corrected chi connectivity index (χ3v) is 5.48. The van der Waals surface area contributed by atoms with Gasteiger partial charge in [-0.15, -0.1) is 0 Å². The largest absolute Gasteiger partial charge is 0.496 e. The van der Waals surface area contributed by atoms with Crippen LogP contribution in [0.5, 0.6) is 5.75 Å². The van der Waals surface area contributed by atoms with Crippen molar-refractivity contribution in [2.24, 2.45) is 0 Å². The number of ether oxygens (including phenoxy) is 2. The van der Waals surface area contributed by atoms with Crippen LogP contribution < -0.4 is 20.7 Å². The van der Waals surface area contributed by atoms with Gasteiger partial charge >= 0.3 is 0 Å². The van der Waals surface area contributed by atoms with E-state index in [4.69, 9.17) is 9.47 Å². The quantitative estimate of drug-likeness (QED) is 0.458. The molecule has 1 fully saturated rings. The number of carbonyl (C=O) groups excluding carboxylic acids is 1. The molecular weight excluding hydrogens is 420 g/mol. The predicted molar refractivity (Wildman–Crippen MR) is 127 cm³/mol. The summed E-state index contributed by atoms with van der Waals surface area (Å²) >= 11 is 0.